The number of carboxylic acids is 1. The van der Waals surface area contributed by atoms with Gasteiger partial charge in [-0.05, 0) is 12.3 Å². The summed E-state index contributed by atoms with van der Waals surface area (Å²) in [6.07, 6.45) is 6.44. The van der Waals surface area contributed by atoms with Gasteiger partial charge in [0.25, 0.3) is 0 Å². The van der Waals surface area contributed by atoms with E-state index in [0.29, 0.717) is 5.92 Å². The van der Waals surface area contributed by atoms with E-state index in [4.69, 9.17) is 5.11 Å². The van der Waals surface area contributed by atoms with Gasteiger partial charge in [-0.2, -0.15) is 5.10 Å². The highest BCUT2D eigenvalue weighted by molar-refractivity contribution is 5.86. The van der Waals surface area contributed by atoms with Crippen molar-refractivity contribution in [3.05, 3.63) is 18.0 Å². The first-order valence-corrected chi connectivity index (χ1v) is 5.39. The fourth-order valence-corrected chi connectivity index (χ4v) is 1.59. The van der Waals surface area contributed by atoms with Gasteiger partial charge < -0.3 is 5.11 Å². The monoisotopic (exact) mass is 210 g/mol. The van der Waals surface area contributed by atoms with E-state index in [2.05, 4.69) is 18.9 Å². The van der Waals surface area contributed by atoms with E-state index < -0.39 is 5.97 Å². The van der Waals surface area contributed by atoms with Crippen LogP contribution in [-0.4, -0.2) is 20.9 Å². The average molecular weight is 210 g/mol. The zero-order chi connectivity index (χ0) is 11.3. The fourth-order valence-electron chi connectivity index (χ4n) is 1.59. The molecule has 1 heterocycles. The number of carbonyl (C=O) groups is 1. The molecule has 4 nitrogen and oxygen atoms in total. The molecule has 0 fully saturated rings. The quantitative estimate of drug-likeness (QED) is 0.784. The van der Waals surface area contributed by atoms with Gasteiger partial charge in [0.2, 0.25) is 0 Å². The second-order valence-corrected chi connectivity index (χ2v) is 3.98. The number of hydrogen-bond donors (Lipinski definition) is 1. The normalized spacial score (nSPS) is 12.7. The van der Waals surface area contributed by atoms with E-state index in [1.54, 1.807) is 10.9 Å². The Hall–Kier alpha value is -1.32. The first-order chi connectivity index (χ1) is 7.13. The molecule has 0 saturated heterocycles. The van der Waals surface area contributed by atoms with Gasteiger partial charge in [0, 0.05) is 12.7 Å². The van der Waals surface area contributed by atoms with Crippen molar-refractivity contribution in [2.45, 2.75) is 39.7 Å². The van der Waals surface area contributed by atoms with Crippen LogP contribution in [-0.2, 0) is 6.54 Å². The molecule has 0 saturated carbocycles. The third kappa shape index (κ3) is 3.73. The van der Waals surface area contributed by atoms with E-state index >= 15 is 0 Å². The first-order valence-electron chi connectivity index (χ1n) is 5.39. The largest absolute Gasteiger partial charge is 0.478 e. The zero-order valence-electron chi connectivity index (χ0n) is 9.31. The summed E-state index contributed by atoms with van der Waals surface area (Å²) < 4.78 is 1.70. The van der Waals surface area contributed by atoms with E-state index in [1.165, 1.54) is 19.0 Å². The van der Waals surface area contributed by atoms with E-state index in [9.17, 15) is 4.79 Å². The van der Waals surface area contributed by atoms with Crippen LogP contribution in [0, 0.1) is 5.92 Å². The Labute approximate surface area is 89.9 Å². The molecule has 0 aromatic carbocycles. The summed E-state index contributed by atoms with van der Waals surface area (Å²) in [5.74, 6) is -0.240. The summed E-state index contributed by atoms with van der Waals surface area (Å²) in [4.78, 5) is 10.6. The SMILES string of the molecule is CCCC(C)CCn1cc(C(=O)O)cn1. The molecule has 0 spiro atoms. The van der Waals surface area contributed by atoms with Gasteiger partial charge in [0.05, 0.1) is 11.8 Å². The van der Waals surface area contributed by atoms with Crippen LogP contribution >= 0.6 is 0 Å². The minimum absolute atomic E-state index is 0.262. The van der Waals surface area contributed by atoms with Crippen molar-refractivity contribution in [2.75, 3.05) is 0 Å². The molecule has 1 atom stereocenters. The summed E-state index contributed by atoms with van der Waals surface area (Å²) in [5, 5.41) is 12.7. The maximum Gasteiger partial charge on any atom is 0.338 e. The Balaban J connectivity index is 2.40. The predicted octanol–water partition coefficient (Wildman–Crippen LogP) is 2.41. The molecule has 0 bridgehead atoms. The maximum atomic E-state index is 10.6. The molecular weight excluding hydrogens is 192 g/mol. The lowest BCUT2D eigenvalue weighted by Crippen LogP contribution is -2.04. The van der Waals surface area contributed by atoms with Crippen LogP contribution in [0.2, 0.25) is 0 Å². The van der Waals surface area contributed by atoms with Crippen LogP contribution in [0.4, 0.5) is 0 Å². The Kier molecular flexibility index (Phi) is 4.34. The van der Waals surface area contributed by atoms with Crippen LogP contribution in [0.1, 0.15) is 43.5 Å². The third-order valence-corrected chi connectivity index (χ3v) is 2.51. The minimum atomic E-state index is -0.914. The number of aryl methyl sites for hydroxylation is 1. The number of aromatic nitrogens is 2. The molecule has 0 aliphatic carbocycles. The third-order valence-electron chi connectivity index (χ3n) is 2.51. The van der Waals surface area contributed by atoms with Crippen LogP contribution in [0.5, 0.6) is 0 Å². The molecule has 4 heteroatoms. The van der Waals surface area contributed by atoms with Crippen LogP contribution < -0.4 is 0 Å². The second-order valence-electron chi connectivity index (χ2n) is 3.98. The summed E-state index contributed by atoms with van der Waals surface area (Å²) in [6.45, 7) is 5.19. The highest BCUT2D eigenvalue weighted by Gasteiger charge is 2.06. The van der Waals surface area contributed by atoms with Crippen molar-refractivity contribution in [2.24, 2.45) is 5.92 Å². The lowest BCUT2D eigenvalue weighted by molar-refractivity contribution is 0.0697. The summed E-state index contributed by atoms with van der Waals surface area (Å²) in [6, 6.07) is 0. The molecule has 15 heavy (non-hydrogen) atoms. The lowest BCUT2D eigenvalue weighted by atomic mass is 10.0. The standard InChI is InChI=1S/C11H18N2O2/c1-3-4-9(2)5-6-13-8-10(7-12-13)11(14)15/h7-9H,3-6H2,1-2H3,(H,14,15). The van der Waals surface area contributed by atoms with E-state index in [0.717, 1.165) is 13.0 Å². The summed E-state index contributed by atoms with van der Waals surface area (Å²) in [7, 11) is 0. The molecule has 0 radical (unpaired) electrons. The van der Waals surface area contributed by atoms with Crippen LogP contribution in [0.15, 0.2) is 12.4 Å². The fraction of sp³-hybridized carbons (Fsp3) is 0.636. The highest BCUT2D eigenvalue weighted by atomic mass is 16.4. The molecule has 0 amide bonds. The van der Waals surface area contributed by atoms with Crippen molar-refractivity contribution in [1.82, 2.24) is 9.78 Å². The number of carboxylic acid groups (broad SMARTS) is 1. The maximum absolute atomic E-state index is 10.6. The summed E-state index contributed by atoms with van der Waals surface area (Å²) >= 11 is 0. The van der Waals surface area contributed by atoms with Gasteiger partial charge in [-0.1, -0.05) is 26.7 Å². The molecule has 0 aliphatic heterocycles. The predicted molar refractivity (Wildman–Crippen MR) is 57.9 cm³/mol. The van der Waals surface area contributed by atoms with Crippen LogP contribution in [0.25, 0.3) is 0 Å². The smallest absolute Gasteiger partial charge is 0.338 e. The molecule has 1 rings (SSSR count). The average Bonchev–Trinajstić information content (AvgIpc) is 2.63. The minimum Gasteiger partial charge on any atom is -0.478 e. The van der Waals surface area contributed by atoms with E-state index in [-0.39, 0.29) is 5.56 Å². The van der Waals surface area contributed by atoms with Crippen molar-refractivity contribution >= 4 is 5.97 Å². The molecule has 0 aliphatic rings. The van der Waals surface area contributed by atoms with Gasteiger partial charge >= 0.3 is 5.97 Å². The van der Waals surface area contributed by atoms with Gasteiger partial charge in [0.1, 0.15) is 0 Å². The van der Waals surface area contributed by atoms with Crippen molar-refractivity contribution < 1.29 is 9.90 Å². The molecule has 1 unspecified atom stereocenters. The van der Waals surface area contributed by atoms with Crippen molar-refractivity contribution in [3.63, 3.8) is 0 Å². The number of hydrogen-bond acceptors (Lipinski definition) is 2. The topological polar surface area (TPSA) is 55.1 Å². The van der Waals surface area contributed by atoms with Crippen molar-refractivity contribution in [1.29, 1.82) is 0 Å². The van der Waals surface area contributed by atoms with Gasteiger partial charge in [0.15, 0.2) is 0 Å². The van der Waals surface area contributed by atoms with E-state index in [1.807, 2.05) is 0 Å². The number of aromatic carboxylic acids is 1. The highest BCUT2D eigenvalue weighted by Crippen LogP contribution is 2.11. The number of rotatable bonds is 6. The first kappa shape index (κ1) is 11.8. The Morgan fingerprint density at radius 1 is 1.60 bits per heavy atom. The molecule has 1 aromatic rings. The summed E-state index contributed by atoms with van der Waals surface area (Å²) in [5.41, 5.74) is 0.262. The Morgan fingerprint density at radius 3 is 2.87 bits per heavy atom. The lowest BCUT2D eigenvalue weighted by Gasteiger charge is -2.09. The molecular formula is C11H18N2O2. The van der Waals surface area contributed by atoms with Gasteiger partial charge in [-0.3, -0.25) is 4.68 Å². The van der Waals surface area contributed by atoms with Gasteiger partial charge in [-0.15, -0.1) is 0 Å². The molecule has 1 aromatic heterocycles. The van der Waals surface area contributed by atoms with Crippen LogP contribution in [0.3, 0.4) is 0 Å². The Bertz CT molecular complexity index is 320. The molecule has 84 valence electrons. The zero-order valence-corrected chi connectivity index (χ0v) is 9.31. The van der Waals surface area contributed by atoms with Gasteiger partial charge in [-0.25, -0.2) is 4.79 Å². The van der Waals surface area contributed by atoms with Crippen molar-refractivity contribution in [3.8, 4) is 0 Å². The number of nitrogens with zero attached hydrogens (tertiary/aromatic N) is 2. The molecule has 1 N–H and O–H groups in total. The second kappa shape index (κ2) is 5.53. The Morgan fingerprint density at radius 2 is 2.33 bits per heavy atom.